The van der Waals surface area contributed by atoms with Gasteiger partial charge in [0.15, 0.2) is 0 Å². The van der Waals surface area contributed by atoms with E-state index in [9.17, 15) is 4.79 Å². The molecule has 2 aromatic carbocycles. The number of ether oxygens (including phenoxy) is 1. The van der Waals surface area contributed by atoms with Gasteiger partial charge in [-0.1, -0.05) is 36.4 Å². The maximum absolute atomic E-state index is 12.4. The Morgan fingerprint density at radius 2 is 1.96 bits per heavy atom. The van der Waals surface area contributed by atoms with Crippen molar-refractivity contribution in [3.05, 3.63) is 78.1 Å². The summed E-state index contributed by atoms with van der Waals surface area (Å²) in [6.07, 6.45) is 5.33. The van der Waals surface area contributed by atoms with Gasteiger partial charge in [0, 0.05) is 12.7 Å². The molecule has 132 valence electrons. The Labute approximate surface area is 152 Å². The van der Waals surface area contributed by atoms with Crippen LogP contribution in [0.1, 0.15) is 11.1 Å². The molecule has 3 aromatic rings. The van der Waals surface area contributed by atoms with E-state index in [1.807, 2.05) is 71.7 Å². The molecule has 4 rings (SSSR count). The van der Waals surface area contributed by atoms with Gasteiger partial charge in [-0.3, -0.25) is 4.79 Å². The molecular formula is C21H21N3O2. The van der Waals surface area contributed by atoms with Gasteiger partial charge in [-0.05, 0) is 42.2 Å². The van der Waals surface area contributed by atoms with Gasteiger partial charge in [0.05, 0.1) is 17.8 Å². The van der Waals surface area contributed by atoms with E-state index in [4.69, 9.17) is 4.74 Å². The fraction of sp³-hybridized carbons (Fsp3) is 0.238. The van der Waals surface area contributed by atoms with Crippen LogP contribution in [0.5, 0.6) is 5.75 Å². The van der Waals surface area contributed by atoms with E-state index >= 15 is 0 Å². The van der Waals surface area contributed by atoms with Crippen molar-refractivity contribution in [1.29, 1.82) is 0 Å². The van der Waals surface area contributed by atoms with Crippen molar-refractivity contribution in [3.63, 3.8) is 0 Å². The number of fused-ring (bicyclic) bond motifs is 1. The second kappa shape index (κ2) is 7.44. The highest BCUT2D eigenvalue weighted by Gasteiger charge is 2.25. The molecule has 1 atom stereocenters. The van der Waals surface area contributed by atoms with Crippen LogP contribution in [0.2, 0.25) is 0 Å². The topological polar surface area (TPSA) is 56.2 Å². The Balaban J connectivity index is 1.29. The van der Waals surface area contributed by atoms with Crippen LogP contribution in [0, 0.1) is 5.92 Å². The predicted molar refractivity (Wildman–Crippen MR) is 99.4 cm³/mol. The van der Waals surface area contributed by atoms with Crippen LogP contribution in [0.4, 0.5) is 0 Å². The average Bonchev–Trinajstić information content (AvgIpc) is 3.17. The maximum atomic E-state index is 12.4. The van der Waals surface area contributed by atoms with E-state index in [1.165, 1.54) is 0 Å². The highest BCUT2D eigenvalue weighted by atomic mass is 16.5. The first-order valence-corrected chi connectivity index (χ1v) is 8.87. The second-order valence-electron chi connectivity index (χ2n) is 6.49. The van der Waals surface area contributed by atoms with Crippen molar-refractivity contribution in [3.8, 4) is 11.4 Å². The molecule has 0 spiro atoms. The molecule has 26 heavy (non-hydrogen) atoms. The van der Waals surface area contributed by atoms with Gasteiger partial charge in [0.25, 0.3) is 0 Å². The molecule has 1 unspecified atom stereocenters. The Bertz CT molecular complexity index is 889. The number of nitrogens with one attached hydrogen (secondary N) is 1. The molecule has 1 amide bonds. The summed E-state index contributed by atoms with van der Waals surface area (Å²) in [4.78, 5) is 12.4. The monoisotopic (exact) mass is 347 g/mol. The number of nitrogens with zero attached hydrogens (tertiary/aromatic N) is 2. The summed E-state index contributed by atoms with van der Waals surface area (Å²) in [7, 11) is 0. The average molecular weight is 347 g/mol. The number of para-hydroxylation sites is 2. The van der Waals surface area contributed by atoms with Gasteiger partial charge in [0.1, 0.15) is 12.4 Å². The molecule has 5 heteroatoms. The molecule has 5 nitrogen and oxygen atoms in total. The third kappa shape index (κ3) is 3.61. The highest BCUT2D eigenvalue weighted by Crippen LogP contribution is 2.26. The summed E-state index contributed by atoms with van der Waals surface area (Å²) in [6.45, 7) is 1.03. The van der Waals surface area contributed by atoms with E-state index in [-0.39, 0.29) is 11.8 Å². The summed E-state index contributed by atoms with van der Waals surface area (Å²) in [5.74, 6) is 0.816. The Kier molecular flexibility index (Phi) is 4.69. The minimum Gasteiger partial charge on any atom is -0.492 e. The molecule has 0 saturated carbocycles. The van der Waals surface area contributed by atoms with Crippen LogP contribution in [0.15, 0.2) is 67.0 Å². The van der Waals surface area contributed by atoms with Gasteiger partial charge in [-0.2, -0.15) is 5.10 Å². The van der Waals surface area contributed by atoms with E-state index in [1.54, 1.807) is 0 Å². The van der Waals surface area contributed by atoms with Gasteiger partial charge < -0.3 is 10.1 Å². The first-order chi connectivity index (χ1) is 12.8. The molecule has 0 aliphatic carbocycles. The minimum absolute atomic E-state index is 0.0509. The number of benzene rings is 2. The third-order valence-electron chi connectivity index (χ3n) is 4.62. The SMILES string of the molecule is O=C(NCCc1cnn(-c2ccccc2)c1)C1COc2ccccc2C1. The fourth-order valence-electron chi connectivity index (χ4n) is 3.18. The van der Waals surface area contributed by atoms with Crippen molar-refractivity contribution >= 4 is 5.91 Å². The van der Waals surface area contributed by atoms with Gasteiger partial charge in [0.2, 0.25) is 5.91 Å². The summed E-state index contributed by atoms with van der Waals surface area (Å²) in [5, 5.41) is 7.41. The van der Waals surface area contributed by atoms with Crippen LogP contribution >= 0.6 is 0 Å². The summed E-state index contributed by atoms with van der Waals surface area (Å²) < 4.78 is 7.55. The molecular weight excluding hydrogens is 326 g/mol. The lowest BCUT2D eigenvalue weighted by molar-refractivity contribution is -0.126. The first-order valence-electron chi connectivity index (χ1n) is 8.87. The Morgan fingerprint density at radius 1 is 1.15 bits per heavy atom. The summed E-state index contributed by atoms with van der Waals surface area (Å²) >= 11 is 0. The van der Waals surface area contributed by atoms with Crippen LogP contribution < -0.4 is 10.1 Å². The fourth-order valence-corrected chi connectivity index (χ4v) is 3.18. The molecule has 1 aliphatic rings. The minimum atomic E-state index is -0.128. The van der Waals surface area contributed by atoms with Gasteiger partial charge in [-0.25, -0.2) is 4.68 Å². The first kappa shape index (κ1) is 16.4. The molecule has 1 aromatic heterocycles. The molecule has 0 bridgehead atoms. The highest BCUT2D eigenvalue weighted by molar-refractivity contribution is 5.79. The summed E-state index contributed by atoms with van der Waals surface area (Å²) in [5.41, 5.74) is 3.23. The van der Waals surface area contributed by atoms with Crippen molar-refractivity contribution in [2.75, 3.05) is 13.2 Å². The third-order valence-corrected chi connectivity index (χ3v) is 4.62. The van der Waals surface area contributed by atoms with Crippen LogP contribution in [-0.4, -0.2) is 28.8 Å². The summed E-state index contributed by atoms with van der Waals surface area (Å²) in [6, 6.07) is 17.9. The van der Waals surface area contributed by atoms with Crippen molar-refractivity contribution in [1.82, 2.24) is 15.1 Å². The number of aromatic nitrogens is 2. The van der Waals surface area contributed by atoms with Crippen LogP contribution in [0.25, 0.3) is 5.69 Å². The van der Waals surface area contributed by atoms with Crippen LogP contribution in [-0.2, 0) is 17.6 Å². The quantitative estimate of drug-likeness (QED) is 0.772. The number of hydrogen-bond acceptors (Lipinski definition) is 3. The molecule has 1 N–H and O–H groups in total. The maximum Gasteiger partial charge on any atom is 0.226 e. The van der Waals surface area contributed by atoms with Crippen LogP contribution in [0.3, 0.4) is 0 Å². The molecule has 1 aliphatic heterocycles. The lowest BCUT2D eigenvalue weighted by Crippen LogP contribution is -2.38. The van der Waals surface area contributed by atoms with E-state index < -0.39 is 0 Å². The molecule has 0 fully saturated rings. The van der Waals surface area contributed by atoms with E-state index in [0.29, 0.717) is 13.2 Å². The van der Waals surface area contributed by atoms with Crippen molar-refractivity contribution < 1.29 is 9.53 Å². The molecule has 0 radical (unpaired) electrons. The largest absolute Gasteiger partial charge is 0.492 e. The second-order valence-corrected chi connectivity index (χ2v) is 6.49. The standard InChI is InChI=1S/C21H21N3O2/c25-21(18-12-17-6-4-5-9-20(17)26-15-18)22-11-10-16-13-23-24(14-16)19-7-2-1-3-8-19/h1-9,13-14,18H,10-12,15H2,(H,22,25). The number of carbonyl (C=O) groups is 1. The van der Waals surface area contributed by atoms with Crippen molar-refractivity contribution in [2.24, 2.45) is 5.92 Å². The Hall–Kier alpha value is -3.08. The predicted octanol–water partition coefficient (Wildman–Crippen LogP) is 2.78. The normalized spacial score (nSPS) is 15.8. The Morgan fingerprint density at radius 3 is 2.85 bits per heavy atom. The lowest BCUT2D eigenvalue weighted by atomic mass is 9.96. The van der Waals surface area contributed by atoms with E-state index in [2.05, 4.69) is 10.4 Å². The lowest BCUT2D eigenvalue weighted by Gasteiger charge is -2.24. The van der Waals surface area contributed by atoms with Gasteiger partial charge >= 0.3 is 0 Å². The number of rotatable bonds is 5. The zero-order chi connectivity index (χ0) is 17.8. The zero-order valence-electron chi connectivity index (χ0n) is 14.5. The van der Waals surface area contributed by atoms with Gasteiger partial charge in [-0.15, -0.1) is 0 Å². The number of hydrogen-bond donors (Lipinski definition) is 1. The van der Waals surface area contributed by atoms with Crippen molar-refractivity contribution in [2.45, 2.75) is 12.8 Å². The smallest absolute Gasteiger partial charge is 0.226 e. The number of amides is 1. The van der Waals surface area contributed by atoms with E-state index in [0.717, 1.165) is 35.4 Å². The number of carbonyl (C=O) groups excluding carboxylic acids is 1. The molecule has 2 heterocycles. The molecule has 0 saturated heterocycles. The zero-order valence-corrected chi connectivity index (χ0v) is 14.5.